The number of carbonyl (C=O) groups excluding carboxylic acids is 1. The standard InChI is InChI=1S/C12H16ClNO2/c1-9(15)5-4-8-14-12(16)10-6-2-3-7-11(10)13/h2-3,6-7,9,15H,4-5,8H2,1H3,(H,14,16). The third-order valence-electron chi connectivity index (χ3n) is 2.20. The molecular weight excluding hydrogens is 226 g/mol. The Labute approximate surface area is 100 Å². The Hall–Kier alpha value is -1.06. The minimum absolute atomic E-state index is 0.170. The molecule has 0 aliphatic rings. The van der Waals surface area contributed by atoms with Crippen molar-refractivity contribution in [2.45, 2.75) is 25.9 Å². The van der Waals surface area contributed by atoms with Gasteiger partial charge in [-0.25, -0.2) is 0 Å². The smallest absolute Gasteiger partial charge is 0.252 e. The monoisotopic (exact) mass is 241 g/mol. The van der Waals surface area contributed by atoms with E-state index in [-0.39, 0.29) is 12.0 Å². The third kappa shape index (κ3) is 4.21. The van der Waals surface area contributed by atoms with Crippen LogP contribution in [0.5, 0.6) is 0 Å². The van der Waals surface area contributed by atoms with Gasteiger partial charge in [0.05, 0.1) is 16.7 Å². The van der Waals surface area contributed by atoms with Crippen molar-refractivity contribution in [3.8, 4) is 0 Å². The number of aliphatic hydroxyl groups excluding tert-OH is 1. The first-order valence-electron chi connectivity index (χ1n) is 5.32. The maximum atomic E-state index is 11.7. The fraction of sp³-hybridized carbons (Fsp3) is 0.417. The van der Waals surface area contributed by atoms with Crippen LogP contribution in [-0.4, -0.2) is 23.7 Å². The lowest BCUT2D eigenvalue weighted by atomic mass is 10.2. The predicted octanol–water partition coefficient (Wildman–Crippen LogP) is 2.23. The first-order chi connectivity index (χ1) is 7.61. The Kier molecular flexibility index (Phi) is 5.29. The summed E-state index contributed by atoms with van der Waals surface area (Å²) in [5.41, 5.74) is 0.487. The highest BCUT2D eigenvalue weighted by atomic mass is 35.5. The fourth-order valence-electron chi connectivity index (χ4n) is 1.34. The molecule has 0 saturated heterocycles. The van der Waals surface area contributed by atoms with E-state index in [1.54, 1.807) is 31.2 Å². The summed E-state index contributed by atoms with van der Waals surface area (Å²) < 4.78 is 0. The van der Waals surface area contributed by atoms with Gasteiger partial charge in [-0.05, 0) is 31.9 Å². The number of rotatable bonds is 5. The zero-order valence-electron chi connectivity index (χ0n) is 9.24. The molecule has 0 saturated carbocycles. The summed E-state index contributed by atoms with van der Waals surface area (Å²) in [5.74, 6) is -0.170. The molecule has 1 atom stereocenters. The van der Waals surface area contributed by atoms with Crippen LogP contribution in [0.2, 0.25) is 5.02 Å². The van der Waals surface area contributed by atoms with E-state index in [9.17, 15) is 4.79 Å². The van der Waals surface area contributed by atoms with Gasteiger partial charge in [0.1, 0.15) is 0 Å². The highest BCUT2D eigenvalue weighted by Crippen LogP contribution is 2.14. The van der Waals surface area contributed by atoms with Crippen molar-refractivity contribution in [3.05, 3.63) is 34.9 Å². The highest BCUT2D eigenvalue weighted by molar-refractivity contribution is 6.33. The fourth-order valence-corrected chi connectivity index (χ4v) is 1.56. The molecule has 1 aromatic carbocycles. The number of halogens is 1. The zero-order valence-corrected chi connectivity index (χ0v) is 10.00. The van der Waals surface area contributed by atoms with Crippen molar-refractivity contribution < 1.29 is 9.90 Å². The normalized spacial score (nSPS) is 12.2. The Morgan fingerprint density at radius 1 is 1.50 bits per heavy atom. The number of amides is 1. The zero-order chi connectivity index (χ0) is 12.0. The lowest BCUT2D eigenvalue weighted by Crippen LogP contribution is -2.25. The largest absolute Gasteiger partial charge is 0.393 e. The number of hydrogen-bond donors (Lipinski definition) is 2. The summed E-state index contributed by atoms with van der Waals surface area (Å²) >= 11 is 5.88. The second-order valence-electron chi connectivity index (χ2n) is 3.73. The Morgan fingerprint density at radius 3 is 2.81 bits per heavy atom. The Morgan fingerprint density at radius 2 is 2.19 bits per heavy atom. The van der Waals surface area contributed by atoms with Crippen LogP contribution in [0.3, 0.4) is 0 Å². The summed E-state index contributed by atoms with van der Waals surface area (Å²) in [6, 6.07) is 6.93. The van der Waals surface area contributed by atoms with E-state index in [4.69, 9.17) is 16.7 Å². The number of hydrogen-bond acceptors (Lipinski definition) is 2. The molecule has 0 fully saturated rings. The van der Waals surface area contributed by atoms with Crippen LogP contribution in [0.1, 0.15) is 30.1 Å². The van der Waals surface area contributed by atoms with Gasteiger partial charge in [-0.15, -0.1) is 0 Å². The minimum Gasteiger partial charge on any atom is -0.393 e. The van der Waals surface area contributed by atoms with Gasteiger partial charge in [-0.2, -0.15) is 0 Å². The molecule has 0 aliphatic heterocycles. The molecule has 88 valence electrons. The second-order valence-corrected chi connectivity index (χ2v) is 4.13. The van der Waals surface area contributed by atoms with Gasteiger partial charge in [0.15, 0.2) is 0 Å². The summed E-state index contributed by atoms with van der Waals surface area (Å²) in [6.45, 7) is 2.28. The van der Waals surface area contributed by atoms with Gasteiger partial charge in [-0.1, -0.05) is 23.7 Å². The van der Waals surface area contributed by atoms with Crippen molar-refractivity contribution in [2.75, 3.05) is 6.54 Å². The van der Waals surface area contributed by atoms with Gasteiger partial charge >= 0.3 is 0 Å². The first-order valence-corrected chi connectivity index (χ1v) is 5.70. The molecule has 2 N–H and O–H groups in total. The first kappa shape index (κ1) is 13.0. The summed E-state index contributed by atoms with van der Waals surface area (Å²) in [7, 11) is 0. The van der Waals surface area contributed by atoms with E-state index in [0.717, 1.165) is 6.42 Å². The van der Waals surface area contributed by atoms with Gasteiger partial charge in [-0.3, -0.25) is 4.79 Å². The lowest BCUT2D eigenvalue weighted by molar-refractivity contribution is 0.0950. The van der Waals surface area contributed by atoms with Gasteiger partial charge in [0, 0.05) is 6.54 Å². The van der Waals surface area contributed by atoms with Gasteiger partial charge < -0.3 is 10.4 Å². The van der Waals surface area contributed by atoms with E-state index in [0.29, 0.717) is 23.6 Å². The number of carbonyl (C=O) groups is 1. The Balaban J connectivity index is 2.39. The van der Waals surface area contributed by atoms with E-state index < -0.39 is 0 Å². The SMILES string of the molecule is CC(O)CCCNC(=O)c1ccccc1Cl. The molecule has 1 amide bonds. The predicted molar refractivity (Wildman–Crippen MR) is 64.7 cm³/mol. The molecule has 1 unspecified atom stereocenters. The average Bonchev–Trinajstić information content (AvgIpc) is 2.24. The van der Waals surface area contributed by atoms with E-state index in [1.807, 2.05) is 0 Å². The van der Waals surface area contributed by atoms with Crippen LogP contribution in [0, 0.1) is 0 Å². The molecule has 0 bridgehead atoms. The molecule has 0 spiro atoms. The van der Waals surface area contributed by atoms with Crippen molar-refractivity contribution >= 4 is 17.5 Å². The van der Waals surface area contributed by atoms with Crippen LogP contribution in [0.25, 0.3) is 0 Å². The lowest BCUT2D eigenvalue weighted by Gasteiger charge is -2.07. The second kappa shape index (κ2) is 6.51. The molecule has 0 aromatic heterocycles. The van der Waals surface area contributed by atoms with E-state index >= 15 is 0 Å². The third-order valence-corrected chi connectivity index (χ3v) is 2.53. The average molecular weight is 242 g/mol. The van der Waals surface area contributed by atoms with Crippen molar-refractivity contribution in [2.24, 2.45) is 0 Å². The quantitative estimate of drug-likeness (QED) is 0.777. The topological polar surface area (TPSA) is 49.3 Å². The maximum Gasteiger partial charge on any atom is 0.252 e. The van der Waals surface area contributed by atoms with Crippen LogP contribution in [-0.2, 0) is 0 Å². The number of benzene rings is 1. The minimum atomic E-state index is -0.322. The van der Waals surface area contributed by atoms with Gasteiger partial charge in [0.2, 0.25) is 0 Å². The molecular formula is C12H16ClNO2. The molecule has 1 rings (SSSR count). The maximum absolute atomic E-state index is 11.7. The van der Waals surface area contributed by atoms with Crippen LogP contribution < -0.4 is 5.32 Å². The molecule has 4 heteroatoms. The molecule has 0 radical (unpaired) electrons. The van der Waals surface area contributed by atoms with Crippen molar-refractivity contribution in [1.82, 2.24) is 5.32 Å². The van der Waals surface area contributed by atoms with Crippen LogP contribution in [0.15, 0.2) is 24.3 Å². The summed E-state index contributed by atoms with van der Waals surface area (Å²) in [4.78, 5) is 11.7. The van der Waals surface area contributed by atoms with Crippen molar-refractivity contribution in [1.29, 1.82) is 0 Å². The summed E-state index contributed by atoms with van der Waals surface area (Å²) in [6.07, 6.45) is 1.12. The van der Waals surface area contributed by atoms with E-state index in [1.165, 1.54) is 0 Å². The van der Waals surface area contributed by atoms with Gasteiger partial charge in [0.25, 0.3) is 5.91 Å². The Bertz CT molecular complexity index is 353. The molecule has 16 heavy (non-hydrogen) atoms. The summed E-state index contributed by atoms with van der Waals surface area (Å²) in [5, 5.41) is 12.3. The molecule has 0 heterocycles. The van der Waals surface area contributed by atoms with E-state index in [2.05, 4.69) is 5.32 Å². The number of nitrogens with one attached hydrogen (secondary N) is 1. The van der Waals surface area contributed by atoms with Crippen LogP contribution in [0.4, 0.5) is 0 Å². The molecule has 0 aliphatic carbocycles. The van der Waals surface area contributed by atoms with Crippen LogP contribution >= 0.6 is 11.6 Å². The molecule has 1 aromatic rings. The number of aliphatic hydroxyl groups is 1. The van der Waals surface area contributed by atoms with Crippen molar-refractivity contribution in [3.63, 3.8) is 0 Å². The highest BCUT2D eigenvalue weighted by Gasteiger charge is 2.08. The molecule has 3 nitrogen and oxygen atoms in total.